The molecule has 86 valence electrons. The summed E-state index contributed by atoms with van der Waals surface area (Å²) >= 11 is 0. The van der Waals surface area contributed by atoms with E-state index in [4.69, 9.17) is 4.74 Å². The fourth-order valence-electron chi connectivity index (χ4n) is 1.76. The molecule has 1 saturated carbocycles. The third-order valence-corrected chi connectivity index (χ3v) is 2.86. The summed E-state index contributed by atoms with van der Waals surface area (Å²) in [6.07, 6.45) is 2.11. The second kappa shape index (κ2) is 4.56. The Morgan fingerprint density at radius 3 is 2.88 bits per heavy atom. The number of carbonyl (C=O) groups excluding carboxylic acids is 1. The van der Waals surface area contributed by atoms with Crippen LogP contribution in [0.15, 0.2) is 24.3 Å². The topological polar surface area (TPSA) is 29.5 Å². The number of nitrogens with zero attached hydrogens (tertiary/aromatic N) is 1. The summed E-state index contributed by atoms with van der Waals surface area (Å²) in [5.74, 6) is 1.39. The molecular weight excluding hydrogens is 202 g/mol. The number of ether oxygens (including phenoxy) is 1. The molecular formula is C13H17NO2. The molecule has 0 aliphatic heterocycles. The van der Waals surface area contributed by atoms with Crippen molar-refractivity contribution in [2.75, 3.05) is 14.2 Å². The van der Waals surface area contributed by atoms with Crippen molar-refractivity contribution in [1.29, 1.82) is 0 Å². The van der Waals surface area contributed by atoms with Crippen LogP contribution in [0.25, 0.3) is 0 Å². The molecule has 1 aliphatic carbocycles. The summed E-state index contributed by atoms with van der Waals surface area (Å²) in [7, 11) is 3.51. The molecule has 1 aliphatic rings. The number of amides is 1. The first-order valence-corrected chi connectivity index (χ1v) is 5.58. The molecule has 16 heavy (non-hydrogen) atoms. The zero-order valence-electron chi connectivity index (χ0n) is 9.77. The average molecular weight is 219 g/mol. The van der Waals surface area contributed by atoms with E-state index in [-0.39, 0.29) is 11.8 Å². The first-order valence-electron chi connectivity index (χ1n) is 5.58. The highest BCUT2D eigenvalue weighted by atomic mass is 16.5. The summed E-state index contributed by atoms with van der Waals surface area (Å²) in [4.78, 5) is 13.6. The highest BCUT2D eigenvalue weighted by molar-refractivity contribution is 5.80. The Labute approximate surface area is 96.0 Å². The van der Waals surface area contributed by atoms with E-state index in [1.807, 2.05) is 31.3 Å². The summed E-state index contributed by atoms with van der Waals surface area (Å²) in [6, 6.07) is 7.84. The summed E-state index contributed by atoms with van der Waals surface area (Å²) < 4.78 is 5.15. The first-order chi connectivity index (χ1) is 7.70. The Morgan fingerprint density at radius 2 is 2.25 bits per heavy atom. The van der Waals surface area contributed by atoms with E-state index in [1.165, 1.54) is 0 Å². The smallest absolute Gasteiger partial charge is 0.225 e. The van der Waals surface area contributed by atoms with Gasteiger partial charge < -0.3 is 9.64 Å². The highest BCUT2D eigenvalue weighted by Gasteiger charge is 2.31. The molecule has 2 rings (SSSR count). The lowest BCUT2D eigenvalue weighted by molar-refractivity contribution is -0.131. The van der Waals surface area contributed by atoms with Crippen molar-refractivity contribution < 1.29 is 9.53 Å². The van der Waals surface area contributed by atoms with Crippen molar-refractivity contribution in [3.8, 4) is 5.75 Å². The van der Waals surface area contributed by atoms with Crippen LogP contribution in [-0.4, -0.2) is 25.0 Å². The minimum atomic E-state index is 0.266. The minimum absolute atomic E-state index is 0.266. The number of methoxy groups -OCH3 is 1. The van der Waals surface area contributed by atoms with Crippen LogP contribution in [0.3, 0.4) is 0 Å². The van der Waals surface area contributed by atoms with Crippen LogP contribution in [0, 0.1) is 5.92 Å². The van der Waals surface area contributed by atoms with Gasteiger partial charge in [0.2, 0.25) is 5.91 Å². The van der Waals surface area contributed by atoms with E-state index in [0.717, 1.165) is 24.2 Å². The molecule has 1 aromatic rings. The van der Waals surface area contributed by atoms with Gasteiger partial charge in [0, 0.05) is 19.5 Å². The van der Waals surface area contributed by atoms with Crippen molar-refractivity contribution in [2.24, 2.45) is 5.92 Å². The van der Waals surface area contributed by atoms with E-state index in [1.54, 1.807) is 12.0 Å². The first kappa shape index (κ1) is 11.0. The number of hydrogen-bond donors (Lipinski definition) is 0. The quantitative estimate of drug-likeness (QED) is 0.775. The molecule has 0 heterocycles. The molecule has 0 radical (unpaired) electrons. The van der Waals surface area contributed by atoms with Gasteiger partial charge in [-0.1, -0.05) is 12.1 Å². The fourth-order valence-corrected chi connectivity index (χ4v) is 1.76. The normalized spacial score (nSPS) is 14.6. The molecule has 1 fully saturated rings. The van der Waals surface area contributed by atoms with Crippen LogP contribution >= 0.6 is 0 Å². The van der Waals surface area contributed by atoms with Gasteiger partial charge in [0.15, 0.2) is 0 Å². The Morgan fingerprint density at radius 1 is 1.50 bits per heavy atom. The highest BCUT2D eigenvalue weighted by Crippen LogP contribution is 2.31. The van der Waals surface area contributed by atoms with Crippen LogP contribution in [0.5, 0.6) is 5.75 Å². The second-order valence-electron chi connectivity index (χ2n) is 4.32. The summed E-state index contributed by atoms with van der Waals surface area (Å²) in [6.45, 7) is 0.659. The molecule has 0 unspecified atom stereocenters. The summed E-state index contributed by atoms with van der Waals surface area (Å²) in [5.41, 5.74) is 1.11. The number of rotatable bonds is 4. The van der Waals surface area contributed by atoms with E-state index in [9.17, 15) is 4.79 Å². The van der Waals surface area contributed by atoms with E-state index in [2.05, 4.69) is 0 Å². The molecule has 0 bridgehead atoms. The van der Waals surface area contributed by atoms with Crippen molar-refractivity contribution in [3.05, 3.63) is 29.8 Å². The van der Waals surface area contributed by atoms with Gasteiger partial charge in [0.25, 0.3) is 0 Å². The third-order valence-electron chi connectivity index (χ3n) is 2.86. The molecule has 1 amide bonds. The number of carbonyl (C=O) groups is 1. The van der Waals surface area contributed by atoms with Crippen LogP contribution in [0.1, 0.15) is 18.4 Å². The zero-order valence-corrected chi connectivity index (χ0v) is 9.77. The predicted molar refractivity (Wildman–Crippen MR) is 62.2 cm³/mol. The van der Waals surface area contributed by atoms with Crippen LogP contribution in [0.4, 0.5) is 0 Å². The zero-order chi connectivity index (χ0) is 11.5. The number of benzene rings is 1. The molecule has 0 aromatic heterocycles. The SMILES string of the molecule is COc1cccc(CN(C)C(=O)C2CC2)c1. The van der Waals surface area contributed by atoms with Crippen molar-refractivity contribution >= 4 is 5.91 Å². The Balaban J connectivity index is 1.99. The van der Waals surface area contributed by atoms with Gasteiger partial charge in [-0.25, -0.2) is 0 Å². The monoisotopic (exact) mass is 219 g/mol. The van der Waals surface area contributed by atoms with Gasteiger partial charge in [-0.15, -0.1) is 0 Å². The van der Waals surface area contributed by atoms with Gasteiger partial charge >= 0.3 is 0 Å². The fraction of sp³-hybridized carbons (Fsp3) is 0.462. The van der Waals surface area contributed by atoms with Gasteiger partial charge in [-0.3, -0.25) is 4.79 Å². The van der Waals surface area contributed by atoms with Crippen molar-refractivity contribution in [1.82, 2.24) is 4.90 Å². The number of hydrogen-bond acceptors (Lipinski definition) is 2. The van der Waals surface area contributed by atoms with Crippen LogP contribution < -0.4 is 4.74 Å². The maximum absolute atomic E-state index is 11.8. The average Bonchev–Trinajstić information content (AvgIpc) is 3.12. The molecule has 0 saturated heterocycles. The molecule has 0 atom stereocenters. The molecule has 1 aromatic carbocycles. The van der Waals surface area contributed by atoms with Crippen LogP contribution in [-0.2, 0) is 11.3 Å². The van der Waals surface area contributed by atoms with Gasteiger partial charge in [0.05, 0.1) is 7.11 Å². The van der Waals surface area contributed by atoms with Crippen molar-refractivity contribution in [2.45, 2.75) is 19.4 Å². The maximum Gasteiger partial charge on any atom is 0.225 e. The lowest BCUT2D eigenvalue weighted by atomic mass is 10.2. The Kier molecular flexibility index (Phi) is 3.13. The van der Waals surface area contributed by atoms with Gasteiger partial charge in [-0.2, -0.15) is 0 Å². The largest absolute Gasteiger partial charge is 0.497 e. The molecule has 3 nitrogen and oxygen atoms in total. The van der Waals surface area contributed by atoms with E-state index in [0.29, 0.717) is 6.54 Å². The predicted octanol–water partition coefficient (Wildman–Crippen LogP) is 2.06. The maximum atomic E-state index is 11.8. The van der Waals surface area contributed by atoms with E-state index < -0.39 is 0 Å². The molecule has 0 N–H and O–H groups in total. The standard InChI is InChI=1S/C13H17NO2/c1-14(13(15)11-6-7-11)9-10-4-3-5-12(8-10)16-2/h3-5,8,11H,6-7,9H2,1-2H3. The van der Waals surface area contributed by atoms with Gasteiger partial charge in [-0.05, 0) is 30.5 Å². The van der Waals surface area contributed by atoms with Gasteiger partial charge in [0.1, 0.15) is 5.75 Å². The molecule has 0 spiro atoms. The van der Waals surface area contributed by atoms with E-state index >= 15 is 0 Å². The molecule has 3 heteroatoms. The Bertz CT molecular complexity index is 385. The summed E-state index contributed by atoms with van der Waals surface area (Å²) in [5, 5.41) is 0. The second-order valence-corrected chi connectivity index (χ2v) is 4.32. The lowest BCUT2D eigenvalue weighted by Crippen LogP contribution is -2.27. The Hall–Kier alpha value is -1.51. The minimum Gasteiger partial charge on any atom is -0.497 e. The van der Waals surface area contributed by atoms with Crippen molar-refractivity contribution in [3.63, 3.8) is 0 Å². The third kappa shape index (κ3) is 2.54. The van der Waals surface area contributed by atoms with Crippen LogP contribution in [0.2, 0.25) is 0 Å². The lowest BCUT2D eigenvalue weighted by Gasteiger charge is -2.17.